The first-order valence-electron chi connectivity index (χ1n) is 6.30. The van der Waals surface area contributed by atoms with E-state index in [1.54, 1.807) is 0 Å². The fraction of sp³-hybridized carbons (Fsp3) is 0.200. The topological polar surface area (TPSA) is 42.7 Å². The van der Waals surface area contributed by atoms with Gasteiger partial charge in [0.15, 0.2) is 0 Å². The third kappa shape index (κ3) is 2.00. The van der Waals surface area contributed by atoms with Crippen molar-refractivity contribution in [1.29, 1.82) is 0 Å². The Kier molecular flexibility index (Phi) is 3.01. The third-order valence-electron chi connectivity index (χ3n) is 3.42. The van der Waals surface area contributed by atoms with Crippen LogP contribution in [0.5, 0.6) is 0 Å². The number of nitrogens with zero attached hydrogens (tertiary/aromatic N) is 3. The fourth-order valence-corrected chi connectivity index (χ4v) is 2.47. The van der Waals surface area contributed by atoms with Crippen molar-refractivity contribution in [2.24, 2.45) is 7.05 Å². The maximum atomic E-state index is 4.57. The van der Waals surface area contributed by atoms with Crippen LogP contribution < -0.4 is 5.32 Å². The molecule has 0 aliphatic rings. The molecule has 4 nitrogen and oxygen atoms in total. The number of aryl methyl sites for hydroxylation is 1. The summed E-state index contributed by atoms with van der Waals surface area (Å²) in [7, 11) is 3.89. The Balaban J connectivity index is 2.20. The van der Waals surface area contributed by atoms with Crippen molar-refractivity contribution < 1.29 is 0 Å². The van der Waals surface area contributed by atoms with E-state index in [0.29, 0.717) is 0 Å². The summed E-state index contributed by atoms with van der Waals surface area (Å²) in [6.07, 6.45) is 3.67. The van der Waals surface area contributed by atoms with Crippen LogP contribution in [0.15, 0.2) is 48.8 Å². The summed E-state index contributed by atoms with van der Waals surface area (Å²) in [4.78, 5) is 4.57. The van der Waals surface area contributed by atoms with Gasteiger partial charge in [-0.3, -0.25) is 9.67 Å². The van der Waals surface area contributed by atoms with Gasteiger partial charge in [0.1, 0.15) is 0 Å². The van der Waals surface area contributed by atoms with Crippen molar-refractivity contribution in [2.75, 3.05) is 7.05 Å². The van der Waals surface area contributed by atoms with Gasteiger partial charge in [-0.05, 0) is 24.6 Å². The van der Waals surface area contributed by atoms with Crippen molar-refractivity contribution in [2.45, 2.75) is 6.04 Å². The van der Waals surface area contributed by atoms with E-state index >= 15 is 0 Å². The minimum atomic E-state index is 0.0404. The molecule has 0 saturated heterocycles. The Bertz CT molecular complexity index is 697. The second-order valence-corrected chi connectivity index (χ2v) is 4.52. The first kappa shape index (κ1) is 11.9. The van der Waals surface area contributed by atoms with E-state index in [0.717, 1.165) is 11.4 Å². The van der Waals surface area contributed by atoms with Gasteiger partial charge in [-0.25, -0.2) is 0 Å². The zero-order chi connectivity index (χ0) is 13.2. The molecule has 0 bridgehead atoms. The number of nitrogens with one attached hydrogen (secondary N) is 1. The molecule has 0 fully saturated rings. The monoisotopic (exact) mass is 252 g/mol. The van der Waals surface area contributed by atoms with Crippen LogP contribution in [-0.4, -0.2) is 21.8 Å². The second-order valence-electron chi connectivity index (χ2n) is 4.52. The number of benzene rings is 1. The molecule has 1 unspecified atom stereocenters. The molecule has 0 amide bonds. The van der Waals surface area contributed by atoms with E-state index in [1.165, 1.54) is 10.8 Å². The largest absolute Gasteiger partial charge is 0.307 e. The zero-order valence-electron chi connectivity index (χ0n) is 11.0. The molecule has 1 atom stereocenters. The van der Waals surface area contributed by atoms with Gasteiger partial charge in [0.2, 0.25) is 0 Å². The molecule has 1 aromatic carbocycles. The summed E-state index contributed by atoms with van der Waals surface area (Å²) < 4.78 is 1.88. The molecule has 19 heavy (non-hydrogen) atoms. The summed E-state index contributed by atoms with van der Waals surface area (Å²) in [6, 6.07) is 12.4. The SMILES string of the molecule is CNC(c1nccc2ccccc12)c1ccnn1C. The highest BCUT2D eigenvalue weighted by Gasteiger charge is 2.18. The van der Waals surface area contributed by atoms with Gasteiger partial charge >= 0.3 is 0 Å². The van der Waals surface area contributed by atoms with Crippen molar-refractivity contribution in [1.82, 2.24) is 20.1 Å². The van der Waals surface area contributed by atoms with Crippen molar-refractivity contribution in [3.63, 3.8) is 0 Å². The predicted octanol–water partition coefficient (Wildman–Crippen LogP) is 2.28. The average molecular weight is 252 g/mol. The highest BCUT2D eigenvalue weighted by molar-refractivity contribution is 5.84. The van der Waals surface area contributed by atoms with Crippen LogP contribution in [0.2, 0.25) is 0 Å². The van der Waals surface area contributed by atoms with Crippen LogP contribution in [0, 0.1) is 0 Å². The van der Waals surface area contributed by atoms with Crippen LogP contribution in [-0.2, 0) is 7.05 Å². The number of aromatic nitrogens is 3. The van der Waals surface area contributed by atoms with Crippen LogP contribution >= 0.6 is 0 Å². The van der Waals surface area contributed by atoms with Gasteiger partial charge in [-0.15, -0.1) is 0 Å². The van der Waals surface area contributed by atoms with Crippen molar-refractivity contribution in [3.8, 4) is 0 Å². The smallest absolute Gasteiger partial charge is 0.0925 e. The Morgan fingerprint density at radius 2 is 1.95 bits per heavy atom. The van der Waals surface area contributed by atoms with Crippen LogP contribution in [0.1, 0.15) is 17.4 Å². The van der Waals surface area contributed by atoms with E-state index in [1.807, 2.05) is 55.4 Å². The molecule has 1 N–H and O–H groups in total. The summed E-state index contributed by atoms with van der Waals surface area (Å²) in [5.41, 5.74) is 2.13. The van der Waals surface area contributed by atoms with Gasteiger partial charge in [-0.2, -0.15) is 5.10 Å². The first-order valence-corrected chi connectivity index (χ1v) is 6.30. The third-order valence-corrected chi connectivity index (χ3v) is 3.42. The van der Waals surface area contributed by atoms with Gasteiger partial charge in [0.25, 0.3) is 0 Å². The molecule has 3 aromatic rings. The highest BCUT2D eigenvalue weighted by atomic mass is 15.3. The Hall–Kier alpha value is -2.20. The minimum absolute atomic E-state index is 0.0404. The fourth-order valence-electron chi connectivity index (χ4n) is 2.47. The molecule has 0 aliphatic heterocycles. The normalized spacial score (nSPS) is 12.7. The van der Waals surface area contributed by atoms with Crippen LogP contribution in [0.4, 0.5) is 0 Å². The lowest BCUT2D eigenvalue weighted by Crippen LogP contribution is -2.22. The lowest BCUT2D eigenvalue weighted by molar-refractivity contribution is 0.598. The average Bonchev–Trinajstić information content (AvgIpc) is 2.86. The first-order chi connectivity index (χ1) is 9.31. The molecule has 2 heterocycles. The van der Waals surface area contributed by atoms with Crippen molar-refractivity contribution >= 4 is 10.8 Å². The number of rotatable bonds is 3. The van der Waals surface area contributed by atoms with Gasteiger partial charge in [0.05, 0.1) is 17.4 Å². The Labute approximate surface area is 112 Å². The van der Waals surface area contributed by atoms with E-state index < -0.39 is 0 Å². The highest BCUT2D eigenvalue weighted by Crippen LogP contribution is 2.26. The maximum Gasteiger partial charge on any atom is 0.0925 e. The predicted molar refractivity (Wildman–Crippen MR) is 75.9 cm³/mol. The molecular formula is C15H16N4. The molecule has 0 radical (unpaired) electrons. The summed E-state index contributed by atoms with van der Waals surface area (Å²) in [5.74, 6) is 0. The summed E-state index contributed by atoms with van der Waals surface area (Å²) >= 11 is 0. The lowest BCUT2D eigenvalue weighted by atomic mass is 10.0. The van der Waals surface area contributed by atoms with E-state index in [4.69, 9.17) is 0 Å². The molecule has 3 rings (SSSR count). The van der Waals surface area contributed by atoms with E-state index in [2.05, 4.69) is 27.5 Å². The molecule has 0 spiro atoms. The standard InChI is InChI=1S/C15H16N4/c1-16-15(13-8-10-18-19(13)2)14-12-6-4-3-5-11(12)7-9-17-14/h3-10,15-16H,1-2H3. The number of pyridine rings is 1. The minimum Gasteiger partial charge on any atom is -0.307 e. The summed E-state index contributed by atoms with van der Waals surface area (Å²) in [6.45, 7) is 0. The van der Waals surface area contributed by atoms with Crippen LogP contribution in [0.3, 0.4) is 0 Å². The van der Waals surface area contributed by atoms with Gasteiger partial charge in [-0.1, -0.05) is 24.3 Å². The van der Waals surface area contributed by atoms with E-state index in [-0.39, 0.29) is 6.04 Å². The van der Waals surface area contributed by atoms with Gasteiger partial charge in [0, 0.05) is 24.8 Å². The lowest BCUT2D eigenvalue weighted by Gasteiger charge is -2.17. The molecule has 2 aromatic heterocycles. The molecule has 96 valence electrons. The quantitative estimate of drug-likeness (QED) is 0.777. The summed E-state index contributed by atoms with van der Waals surface area (Å²) in [5, 5.41) is 9.95. The molecule has 4 heteroatoms. The second kappa shape index (κ2) is 4.82. The maximum absolute atomic E-state index is 4.57. The molecule has 0 aliphatic carbocycles. The zero-order valence-corrected chi connectivity index (χ0v) is 11.0. The van der Waals surface area contributed by atoms with E-state index in [9.17, 15) is 0 Å². The molecule has 0 saturated carbocycles. The number of hydrogen-bond acceptors (Lipinski definition) is 3. The Morgan fingerprint density at radius 1 is 1.11 bits per heavy atom. The van der Waals surface area contributed by atoms with Crippen LogP contribution in [0.25, 0.3) is 10.8 Å². The number of fused-ring (bicyclic) bond motifs is 1. The number of hydrogen-bond donors (Lipinski definition) is 1. The molecular weight excluding hydrogens is 236 g/mol. The van der Waals surface area contributed by atoms with Crippen molar-refractivity contribution in [3.05, 3.63) is 60.2 Å². The Morgan fingerprint density at radius 3 is 2.68 bits per heavy atom. The van der Waals surface area contributed by atoms with Gasteiger partial charge < -0.3 is 5.32 Å².